The molecule has 0 saturated carbocycles. The van der Waals surface area contributed by atoms with Gasteiger partial charge in [0.05, 0.1) is 0 Å². The molecule has 1 aliphatic rings. The van der Waals surface area contributed by atoms with Crippen LogP contribution in [-0.2, 0) is 37.5 Å². The van der Waals surface area contributed by atoms with Gasteiger partial charge in [-0.15, -0.1) is 0 Å². The molecule has 1 fully saturated rings. The van der Waals surface area contributed by atoms with Crippen LogP contribution in [0, 0.1) is 56.0 Å². The molecule has 0 atom stereocenters. The topological polar surface area (TPSA) is 36.9 Å². The molecule has 1 heterocycles. The van der Waals surface area contributed by atoms with Gasteiger partial charge in [-0.3, -0.25) is 26.3 Å². The van der Waals surface area contributed by atoms with E-state index in [0.29, 0.717) is 0 Å². The summed E-state index contributed by atoms with van der Waals surface area (Å²) in [6.45, 7) is 28.0. The first-order chi connectivity index (χ1) is 8.00. The summed E-state index contributed by atoms with van der Waals surface area (Å²) in [5.74, 6) is 0. The molecular formula is C12H32O4PtSi4-8. The zero-order chi connectivity index (χ0) is 13.7. The summed E-state index contributed by atoms with van der Waals surface area (Å²) in [5, 5.41) is 0. The van der Waals surface area contributed by atoms with Gasteiger partial charge >= 0.3 is 0 Å². The second kappa shape index (κ2) is 109. The average molecular weight is 548 g/mol. The van der Waals surface area contributed by atoms with Crippen molar-refractivity contribution in [3.8, 4) is 0 Å². The Bertz CT molecular complexity index is 87.3. The van der Waals surface area contributed by atoms with E-state index in [2.05, 4.69) is 52.6 Å². The summed E-state index contributed by atoms with van der Waals surface area (Å²) >= 11 is 0. The van der Waals surface area contributed by atoms with E-state index in [4.69, 9.17) is 16.5 Å². The predicted octanol–water partition coefficient (Wildman–Crippen LogP) is 0.282. The molecule has 1 rings (SSSR count). The van der Waals surface area contributed by atoms with Crippen molar-refractivity contribution in [2.45, 2.75) is 0 Å². The van der Waals surface area contributed by atoms with Crippen LogP contribution in [0.2, 0.25) is 0 Å². The van der Waals surface area contributed by atoms with Crippen LogP contribution in [-0.4, -0.2) is 40.0 Å². The molecule has 21 heavy (non-hydrogen) atoms. The van der Waals surface area contributed by atoms with Crippen molar-refractivity contribution >= 4 is 40.0 Å². The van der Waals surface area contributed by atoms with Gasteiger partial charge in [-0.05, 0) is 0 Å². The third-order valence-corrected chi connectivity index (χ3v) is 6.00. The fraction of sp³-hybridized carbons (Fsp3) is 0. The minimum atomic E-state index is -0.653. The Morgan fingerprint density at radius 3 is 0.619 bits per heavy atom. The molecule has 1 aliphatic heterocycles. The number of rotatable bonds is 0. The van der Waals surface area contributed by atoms with Crippen molar-refractivity contribution < 1.29 is 37.5 Å². The Balaban J connectivity index is -0.0000000142. The van der Waals surface area contributed by atoms with Crippen LogP contribution in [0.3, 0.4) is 0 Å². The monoisotopic (exact) mass is 547 g/mol. The van der Waals surface area contributed by atoms with Crippen LogP contribution in [0.25, 0.3) is 0 Å². The van der Waals surface area contributed by atoms with E-state index >= 15 is 0 Å². The maximum absolute atomic E-state index is 5.10. The van der Waals surface area contributed by atoms with E-state index in [0.717, 1.165) is 0 Å². The number of hydrogen-bond acceptors (Lipinski definition) is 4. The Morgan fingerprint density at radius 2 is 0.524 bits per heavy atom. The first-order valence-corrected chi connectivity index (χ1v) is 8.56. The molecule has 0 amide bonds. The van der Waals surface area contributed by atoms with Gasteiger partial charge in [0.25, 0.3) is 40.0 Å². The molecule has 0 radical (unpaired) electrons. The second-order valence-corrected chi connectivity index (χ2v) is 8.76. The molecule has 0 spiro atoms. The predicted molar refractivity (Wildman–Crippen MR) is 104 cm³/mol. The quantitative estimate of drug-likeness (QED) is 0.323. The minimum absolute atomic E-state index is 0. The average Bonchev–Trinajstić information content (AvgIpc) is 2.38. The van der Waals surface area contributed by atoms with Crippen molar-refractivity contribution in [2.75, 3.05) is 0 Å². The van der Waals surface area contributed by atoms with E-state index in [-0.39, 0.29) is 50.8 Å². The Kier molecular flexibility index (Phi) is 301. The van der Waals surface area contributed by atoms with Gasteiger partial charge in [-0.1, -0.05) is 0 Å². The van der Waals surface area contributed by atoms with Crippen LogP contribution < -0.4 is 0 Å². The molecule has 138 valence electrons. The van der Waals surface area contributed by atoms with Crippen LogP contribution in [0.15, 0.2) is 26.3 Å². The molecule has 0 bridgehead atoms. The van der Waals surface area contributed by atoms with Crippen LogP contribution in [0.5, 0.6) is 0 Å². The van der Waals surface area contributed by atoms with Gasteiger partial charge in [-0.25, -0.2) is 0 Å². The molecule has 0 aliphatic carbocycles. The van der Waals surface area contributed by atoms with Gasteiger partial charge in [0, 0.05) is 21.1 Å². The molecule has 9 heteroatoms. The third kappa shape index (κ3) is 98.2. The molecule has 0 aromatic heterocycles. The van der Waals surface area contributed by atoms with E-state index in [9.17, 15) is 0 Å². The molecule has 0 N–H and O–H groups in total. The maximum Gasteiger partial charge on any atom is 0.286 e. The van der Waals surface area contributed by atoms with Gasteiger partial charge in [0.15, 0.2) is 0 Å². The van der Waals surface area contributed by atoms with Gasteiger partial charge in [0.2, 0.25) is 0 Å². The largest absolute Gasteiger partial charge is 0.521 e. The van der Waals surface area contributed by atoms with Crippen molar-refractivity contribution in [3.05, 3.63) is 82.3 Å². The zero-order valence-corrected chi connectivity index (χ0v) is 21.8. The van der Waals surface area contributed by atoms with Crippen molar-refractivity contribution in [2.24, 2.45) is 0 Å². The van der Waals surface area contributed by atoms with Crippen molar-refractivity contribution in [3.63, 3.8) is 0 Å². The van der Waals surface area contributed by atoms with Crippen molar-refractivity contribution in [1.82, 2.24) is 0 Å². The fourth-order valence-corrected chi connectivity index (χ4v) is 7.59. The van der Waals surface area contributed by atoms with E-state index < -0.39 is 40.0 Å². The Morgan fingerprint density at radius 1 is 0.429 bits per heavy atom. The first-order valence-electron chi connectivity index (χ1n) is 3.94. The van der Waals surface area contributed by atoms with Crippen LogP contribution in [0.4, 0.5) is 0 Å². The molecule has 0 unspecified atom stereocenters. The second-order valence-electron chi connectivity index (χ2n) is 1.29. The molecular weight excluding hydrogens is 516 g/mol. The van der Waals surface area contributed by atoms with Gasteiger partial charge < -0.3 is 72.5 Å². The summed E-state index contributed by atoms with van der Waals surface area (Å²) in [6, 6.07) is 0. The molecule has 0 aromatic rings. The van der Waals surface area contributed by atoms with Crippen molar-refractivity contribution in [1.29, 1.82) is 0 Å². The Hall–Kier alpha value is 0.356. The first kappa shape index (κ1) is 58.0. The number of hydrogen-bond donors (Lipinski definition) is 0. The van der Waals surface area contributed by atoms with Gasteiger partial charge in [-0.2, -0.15) is 0 Å². The minimum Gasteiger partial charge on any atom is -0.521 e. The van der Waals surface area contributed by atoms with Crippen LogP contribution in [0.1, 0.15) is 0 Å². The standard InChI is InChI=1S/4C2H3.4CH3.H8O4Si4.Pt/c4*1-2;;;;;1-5-2-7-4-8-3-6-1;/h4*1H,2H2;4*1H3;5-8H2;/q8*-1;;. The van der Waals surface area contributed by atoms with Crippen LogP contribution >= 0.6 is 0 Å². The fourth-order valence-electron chi connectivity index (χ4n) is 0.372. The Labute approximate surface area is 159 Å². The van der Waals surface area contributed by atoms with E-state index in [1.165, 1.54) is 0 Å². The smallest absolute Gasteiger partial charge is 0.286 e. The zero-order valence-electron chi connectivity index (χ0n) is 13.9. The van der Waals surface area contributed by atoms with E-state index in [1.54, 1.807) is 0 Å². The maximum atomic E-state index is 5.10. The summed E-state index contributed by atoms with van der Waals surface area (Å²) in [4.78, 5) is 0. The molecule has 0 aromatic carbocycles. The molecule has 4 nitrogen and oxygen atoms in total. The van der Waals surface area contributed by atoms with Gasteiger partial charge in [0.1, 0.15) is 0 Å². The normalized spacial score (nSPS) is 14.5. The SMILES string of the molecule is O1[SiH2]O[SiH2]O[SiH2]O[SiH2]1.[CH-]=C.[CH-]=C.[CH-]=C.[CH-]=C.[CH3-].[CH3-].[CH3-].[CH3-].[Pt]. The molecule has 1 saturated heterocycles. The summed E-state index contributed by atoms with van der Waals surface area (Å²) in [6.07, 6.45) is 0. The summed E-state index contributed by atoms with van der Waals surface area (Å²) in [7, 11) is -2.61. The third-order valence-electron chi connectivity index (χ3n) is 0.667. The van der Waals surface area contributed by atoms with E-state index in [1.807, 2.05) is 0 Å². The summed E-state index contributed by atoms with van der Waals surface area (Å²) < 4.78 is 20.4. The summed E-state index contributed by atoms with van der Waals surface area (Å²) in [5.41, 5.74) is 0.